The summed E-state index contributed by atoms with van der Waals surface area (Å²) in [4.78, 5) is 10.3. The minimum absolute atomic E-state index is 0.188. The molecule has 2 heterocycles. The number of rotatable bonds is 4. The first-order chi connectivity index (χ1) is 7.25. The molecule has 0 amide bonds. The van der Waals surface area contributed by atoms with E-state index in [1.807, 2.05) is 18.3 Å². The van der Waals surface area contributed by atoms with Gasteiger partial charge in [-0.25, -0.2) is 4.52 Å². The van der Waals surface area contributed by atoms with Gasteiger partial charge in [-0.2, -0.15) is 0 Å². The molecule has 0 unspecified atom stereocenters. The molecule has 0 fully saturated rings. The van der Waals surface area contributed by atoms with Crippen LogP contribution in [0.2, 0.25) is 0 Å². The highest BCUT2D eigenvalue weighted by molar-refractivity contribution is 5.66. The number of aliphatic carboxylic acids is 1. The van der Waals surface area contributed by atoms with Gasteiger partial charge in [-0.05, 0) is 34.9 Å². The van der Waals surface area contributed by atoms with E-state index in [1.54, 1.807) is 4.52 Å². The van der Waals surface area contributed by atoms with Crippen LogP contribution in [0.1, 0.15) is 18.4 Å². The van der Waals surface area contributed by atoms with Crippen molar-refractivity contribution >= 4 is 11.6 Å². The molecule has 0 aliphatic rings. The van der Waals surface area contributed by atoms with E-state index in [0.717, 1.165) is 12.0 Å². The van der Waals surface area contributed by atoms with Gasteiger partial charge in [0.2, 0.25) is 0 Å². The number of carboxylic acids is 1. The normalized spacial score (nSPS) is 10.7. The molecule has 0 saturated heterocycles. The topological polar surface area (TPSA) is 80.4 Å². The number of nitrogens with zero attached hydrogens (tertiary/aromatic N) is 4. The predicted octanol–water partition coefficient (Wildman–Crippen LogP) is 0.532. The van der Waals surface area contributed by atoms with Gasteiger partial charge in [0.05, 0.1) is 0 Å². The van der Waals surface area contributed by atoms with Gasteiger partial charge in [0.1, 0.15) is 0 Å². The molecule has 0 aliphatic heterocycles. The number of carbonyl (C=O) groups is 1. The number of tetrazole rings is 1. The molecule has 0 radical (unpaired) electrons. The Kier molecular flexibility index (Phi) is 2.57. The Morgan fingerprint density at radius 2 is 2.33 bits per heavy atom. The fourth-order valence-corrected chi connectivity index (χ4v) is 1.38. The molecule has 2 aromatic rings. The lowest BCUT2D eigenvalue weighted by Crippen LogP contribution is -1.97. The SMILES string of the molecule is O=C(O)CCCc1ccc2nnnn2c1. The minimum Gasteiger partial charge on any atom is -0.481 e. The minimum atomic E-state index is -0.765. The van der Waals surface area contributed by atoms with Gasteiger partial charge < -0.3 is 5.11 Å². The van der Waals surface area contributed by atoms with Gasteiger partial charge in [0, 0.05) is 12.6 Å². The zero-order valence-electron chi connectivity index (χ0n) is 8.00. The highest BCUT2D eigenvalue weighted by Crippen LogP contribution is 2.06. The molecule has 15 heavy (non-hydrogen) atoms. The van der Waals surface area contributed by atoms with Crippen LogP contribution >= 0.6 is 0 Å². The van der Waals surface area contributed by atoms with Gasteiger partial charge in [-0.1, -0.05) is 6.07 Å². The maximum atomic E-state index is 10.3. The van der Waals surface area contributed by atoms with E-state index in [2.05, 4.69) is 15.5 Å². The fourth-order valence-electron chi connectivity index (χ4n) is 1.38. The van der Waals surface area contributed by atoms with Crippen LogP contribution in [0, 0.1) is 0 Å². The number of hydrogen-bond donors (Lipinski definition) is 1. The summed E-state index contributed by atoms with van der Waals surface area (Å²) in [5.74, 6) is -0.765. The van der Waals surface area contributed by atoms with Crippen LogP contribution in [0.25, 0.3) is 5.65 Å². The largest absolute Gasteiger partial charge is 0.481 e. The second-order valence-corrected chi connectivity index (χ2v) is 3.27. The van der Waals surface area contributed by atoms with Gasteiger partial charge in [0.25, 0.3) is 0 Å². The van der Waals surface area contributed by atoms with Gasteiger partial charge in [-0.3, -0.25) is 4.79 Å². The predicted molar refractivity (Wildman–Crippen MR) is 51.4 cm³/mol. The van der Waals surface area contributed by atoms with Crippen molar-refractivity contribution < 1.29 is 9.90 Å². The zero-order chi connectivity index (χ0) is 10.7. The van der Waals surface area contributed by atoms with Crippen molar-refractivity contribution in [2.45, 2.75) is 19.3 Å². The van der Waals surface area contributed by atoms with E-state index in [1.165, 1.54) is 0 Å². The Morgan fingerprint density at radius 3 is 3.13 bits per heavy atom. The second kappa shape index (κ2) is 4.04. The molecule has 1 N–H and O–H groups in total. The van der Waals surface area contributed by atoms with E-state index in [4.69, 9.17) is 5.11 Å². The highest BCUT2D eigenvalue weighted by Gasteiger charge is 2.01. The molecule has 0 bridgehead atoms. The Bertz CT molecular complexity index is 480. The van der Waals surface area contributed by atoms with Crippen molar-refractivity contribution in [2.24, 2.45) is 0 Å². The third kappa shape index (κ3) is 2.28. The summed E-state index contributed by atoms with van der Waals surface area (Å²) in [7, 11) is 0. The lowest BCUT2D eigenvalue weighted by atomic mass is 10.1. The molecule has 0 saturated carbocycles. The standard InChI is InChI=1S/C9H10N4O2/c14-9(15)3-1-2-7-4-5-8-10-11-12-13(8)6-7/h4-6H,1-3H2,(H,14,15). The van der Waals surface area contributed by atoms with Crippen molar-refractivity contribution in [1.82, 2.24) is 20.0 Å². The van der Waals surface area contributed by atoms with Crippen molar-refractivity contribution in [1.29, 1.82) is 0 Å². The summed E-state index contributed by atoms with van der Waals surface area (Å²) < 4.78 is 1.58. The summed E-state index contributed by atoms with van der Waals surface area (Å²) in [5, 5.41) is 19.6. The quantitative estimate of drug-likeness (QED) is 0.789. The smallest absolute Gasteiger partial charge is 0.303 e. The summed E-state index contributed by atoms with van der Waals surface area (Å²) in [6.07, 6.45) is 3.36. The van der Waals surface area contributed by atoms with Crippen molar-refractivity contribution in [3.63, 3.8) is 0 Å². The van der Waals surface area contributed by atoms with Crippen molar-refractivity contribution in [3.05, 3.63) is 23.9 Å². The number of hydrogen-bond acceptors (Lipinski definition) is 4. The summed E-state index contributed by atoms with van der Waals surface area (Å²) in [6.45, 7) is 0. The Morgan fingerprint density at radius 1 is 1.47 bits per heavy atom. The van der Waals surface area contributed by atoms with Crippen LogP contribution in [0.3, 0.4) is 0 Å². The lowest BCUT2D eigenvalue weighted by Gasteiger charge is -1.99. The third-order valence-corrected chi connectivity index (χ3v) is 2.11. The molecule has 6 nitrogen and oxygen atoms in total. The zero-order valence-corrected chi connectivity index (χ0v) is 8.00. The number of aromatic nitrogens is 4. The Labute approximate surface area is 85.5 Å². The maximum Gasteiger partial charge on any atom is 0.303 e. The van der Waals surface area contributed by atoms with Gasteiger partial charge in [-0.15, -0.1) is 5.10 Å². The van der Waals surface area contributed by atoms with Crippen LogP contribution in [-0.2, 0) is 11.2 Å². The number of carboxylic acid groups (broad SMARTS) is 1. The number of pyridine rings is 1. The third-order valence-electron chi connectivity index (χ3n) is 2.11. The summed E-state index contributed by atoms with van der Waals surface area (Å²) in [5.41, 5.74) is 1.73. The fraction of sp³-hybridized carbons (Fsp3) is 0.333. The van der Waals surface area contributed by atoms with Crippen LogP contribution in [0.4, 0.5) is 0 Å². The van der Waals surface area contributed by atoms with E-state index in [0.29, 0.717) is 12.1 Å². The molecule has 0 aliphatic carbocycles. The number of fused-ring (bicyclic) bond motifs is 1. The number of aryl methyl sites for hydroxylation is 1. The Hall–Kier alpha value is -1.98. The van der Waals surface area contributed by atoms with Crippen molar-refractivity contribution in [3.8, 4) is 0 Å². The second-order valence-electron chi connectivity index (χ2n) is 3.27. The van der Waals surface area contributed by atoms with E-state index >= 15 is 0 Å². The Balaban J connectivity index is 2.04. The first-order valence-corrected chi connectivity index (χ1v) is 4.64. The van der Waals surface area contributed by atoms with Crippen LogP contribution < -0.4 is 0 Å². The highest BCUT2D eigenvalue weighted by atomic mass is 16.4. The molecule has 2 rings (SSSR count). The van der Waals surface area contributed by atoms with Gasteiger partial charge >= 0.3 is 5.97 Å². The van der Waals surface area contributed by atoms with Gasteiger partial charge in [0.15, 0.2) is 5.65 Å². The molecule has 0 spiro atoms. The van der Waals surface area contributed by atoms with Crippen LogP contribution in [0.15, 0.2) is 18.3 Å². The van der Waals surface area contributed by atoms with Crippen molar-refractivity contribution in [2.75, 3.05) is 0 Å². The molecule has 78 valence electrons. The van der Waals surface area contributed by atoms with Crippen LogP contribution in [-0.4, -0.2) is 31.1 Å². The summed E-state index contributed by atoms with van der Waals surface area (Å²) in [6, 6.07) is 3.73. The lowest BCUT2D eigenvalue weighted by molar-refractivity contribution is -0.137. The first-order valence-electron chi connectivity index (χ1n) is 4.64. The summed E-state index contributed by atoms with van der Waals surface area (Å²) >= 11 is 0. The molecule has 6 heteroatoms. The molecular formula is C9H10N4O2. The molecular weight excluding hydrogens is 196 g/mol. The molecule has 2 aromatic heterocycles. The first kappa shape index (κ1) is 9.57. The van der Waals surface area contributed by atoms with Crippen LogP contribution in [0.5, 0.6) is 0 Å². The average Bonchev–Trinajstić information content (AvgIpc) is 2.64. The average molecular weight is 206 g/mol. The molecule has 0 atom stereocenters. The van der Waals surface area contributed by atoms with E-state index in [-0.39, 0.29) is 6.42 Å². The van der Waals surface area contributed by atoms with E-state index < -0.39 is 5.97 Å². The molecule has 0 aromatic carbocycles. The van der Waals surface area contributed by atoms with E-state index in [9.17, 15) is 4.79 Å². The maximum absolute atomic E-state index is 10.3. The monoisotopic (exact) mass is 206 g/mol.